The van der Waals surface area contributed by atoms with E-state index in [1.165, 1.54) is 0 Å². The zero-order chi connectivity index (χ0) is 15.8. The molecule has 0 amide bonds. The van der Waals surface area contributed by atoms with Crippen LogP contribution in [0.5, 0.6) is 0 Å². The summed E-state index contributed by atoms with van der Waals surface area (Å²) in [5.41, 5.74) is 0.805. The minimum atomic E-state index is -0.0190. The summed E-state index contributed by atoms with van der Waals surface area (Å²) in [6.45, 7) is 2.01. The van der Waals surface area contributed by atoms with Gasteiger partial charge in [-0.2, -0.15) is 10.1 Å². The van der Waals surface area contributed by atoms with Gasteiger partial charge in [-0.25, -0.2) is 9.97 Å². The molecule has 7 nitrogen and oxygen atoms in total. The molecular weight excluding hydrogens is 332 g/mol. The molecule has 0 aromatic carbocycles. The molecule has 0 radical (unpaired) electrons. The average Bonchev–Trinajstić information content (AvgIpc) is 3.28. The molecule has 4 rings (SSSR count). The van der Waals surface area contributed by atoms with Gasteiger partial charge in [-0.15, -0.1) is 11.3 Å². The Labute approximate surface area is 139 Å². The Kier molecular flexibility index (Phi) is 3.58. The zero-order valence-corrected chi connectivity index (χ0v) is 14.0. The first-order valence-electron chi connectivity index (χ1n) is 6.89. The molecule has 116 valence electrons. The van der Waals surface area contributed by atoms with Gasteiger partial charge in [-0.05, 0) is 18.4 Å². The SMILES string of the molecule is C[C@@H](Sc1ncnc2c1cnn2C)c1nc(-c2cccs2)no1. The Balaban J connectivity index is 1.61. The van der Waals surface area contributed by atoms with Gasteiger partial charge in [0.1, 0.15) is 11.4 Å². The molecule has 4 heterocycles. The van der Waals surface area contributed by atoms with Crippen molar-refractivity contribution < 1.29 is 4.52 Å². The van der Waals surface area contributed by atoms with Gasteiger partial charge in [-0.1, -0.05) is 23.0 Å². The number of hydrogen-bond acceptors (Lipinski definition) is 8. The highest BCUT2D eigenvalue weighted by molar-refractivity contribution is 7.99. The number of nitrogens with zero attached hydrogens (tertiary/aromatic N) is 6. The second kappa shape index (κ2) is 5.74. The van der Waals surface area contributed by atoms with Crippen molar-refractivity contribution in [2.75, 3.05) is 0 Å². The van der Waals surface area contributed by atoms with E-state index in [9.17, 15) is 0 Å². The van der Waals surface area contributed by atoms with Crippen LogP contribution in [0.1, 0.15) is 18.1 Å². The predicted octanol–water partition coefficient (Wildman–Crippen LogP) is 3.33. The zero-order valence-electron chi connectivity index (χ0n) is 12.4. The monoisotopic (exact) mass is 344 g/mol. The first-order chi connectivity index (χ1) is 11.2. The quantitative estimate of drug-likeness (QED) is 0.415. The van der Waals surface area contributed by atoms with Gasteiger partial charge in [-0.3, -0.25) is 4.68 Å². The van der Waals surface area contributed by atoms with E-state index in [-0.39, 0.29) is 5.25 Å². The lowest BCUT2D eigenvalue weighted by molar-refractivity contribution is 0.381. The molecule has 4 aromatic heterocycles. The molecule has 0 aliphatic carbocycles. The number of hydrogen-bond donors (Lipinski definition) is 0. The maximum absolute atomic E-state index is 5.40. The third-order valence-corrected chi connectivity index (χ3v) is 5.28. The van der Waals surface area contributed by atoms with E-state index >= 15 is 0 Å². The molecule has 0 aliphatic rings. The summed E-state index contributed by atoms with van der Waals surface area (Å²) in [6.07, 6.45) is 3.32. The van der Waals surface area contributed by atoms with Crippen molar-refractivity contribution >= 4 is 34.1 Å². The molecule has 0 N–H and O–H groups in total. The molecular formula is C14H12N6OS2. The van der Waals surface area contributed by atoms with Crippen LogP contribution in [0.2, 0.25) is 0 Å². The summed E-state index contributed by atoms with van der Waals surface area (Å²) >= 11 is 3.14. The van der Waals surface area contributed by atoms with E-state index in [2.05, 4.69) is 25.2 Å². The van der Waals surface area contributed by atoms with Gasteiger partial charge in [0, 0.05) is 7.05 Å². The highest BCUT2D eigenvalue weighted by Gasteiger charge is 2.19. The lowest BCUT2D eigenvalue weighted by Crippen LogP contribution is -1.94. The summed E-state index contributed by atoms with van der Waals surface area (Å²) in [7, 11) is 1.86. The van der Waals surface area contributed by atoms with Gasteiger partial charge < -0.3 is 4.52 Å². The Hall–Kier alpha value is -2.26. The third-order valence-electron chi connectivity index (χ3n) is 3.31. The van der Waals surface area contributed by atoms with Crippen LogP contribution in [-0.4, -0.2) is 29.9 Å². The number of aromatic nitrogens is 6. The molecule has 0 unspecified atom stereocenters. The largest absolute Gasteiger partial charge is 0.338 e. The van der Waals surface area contributed by atoms with Crippen molar-refractivity contribution in [3.63, 3.8) is 0 Å². The maximum Gasteiger partial charge on any atom is 0.240 e. The van der Waals surface area contributed by atoms with Crippen LogP contribution in [0.25, 0.3) is 21.7 Å². The highest BCUT2D eigenvalue weighted by Crippen LogP contribution is 2.36. The van der Waals surface area contributed by atoms with Crippen molar-refractivity contribution in [3.05, 3.63) is 35.9 Å². The van der Waals surface area contributed by atoms with Crippen LogP contribution in [0, 0.1) is 0 Å². The van der Waals surface area contributed by atoms with E-state index < -0.39 is 0 Å². The highest BCUT2D eigenvalue weighted by atomic mass is 32.2. The van der Waals surface area contributed by atoms with Crippen molar-refractivity contribution in [1.82, 2.24) is 29.9 Å². The summed E-state index contributed by atoms with van der Waals surface area (Å²) < 4.78 is 7.13. The molecule has 0 fully saturated rings. The molecule has 23 heavy (non-hydrogen) atoms. The van der Waals surface area contributed by atoms with E-state index in [1.54, 1.807) is 40.3 Å². The maximum atomic E-state index is 5.40. The van der Waals surface area contributed by atoms with Crippen LogP contribution in [0.4, 0.5) is 0 Å². The Morgan fingerprint density at radius 1 is 1.35 bits per heavy atom. The first kappa shape index (κ1) is 14.3. The summed E-state index contributed by atoms with van der Waals surface area (Å²) in [5, 5.41) is 12.0. The minimum absolute atomic E-state index is 0.0190. The van der Waals surface area contributed by atoms with Gasteiger partial charge >= 0.3 is 0 Å². The van der Waals surface area contributed by atoms with E-state index in [1.807, 2.05) is 31.5 Å². The second-order valence-corrected chi connectivity index (χ2v) is 7.16. The number of rotatable bonds is 4. The van der Waals surface area contributed by atoms with E-state index in [4.69, 9.17) is 4.52 Å². The fraction of sp³-hybridized carbons (Fsp3) is 0.214. The fourth-order valence-corrected chi connectivity index (χ4v) is 3.72. The summed E-state index contributed by atoms with van der Waals surface area (Å²) in [6, 6.07) is 3.94. The standard InChI is InChI=1S/C14H12N6OS2/c1-8(13-18-11(19-21-13)10-4-3-5-22-10)23-14-9-6-17-20(2)12(9)15-7-16-14/h3-8H,1-2H3/t8-/m1/s1. The number of aryl methyl sites for hydroxylation is 1. The Bertz CT molecular complexity index is 945. The first-order valence-corrected chi connectivity index (χ1v) is 8.65. The van der Waals surface area contributed by atoms with Gasteiger partial charge in [0.25, 0.3) is 0 Å². The van der Waals surface area contributed by atoms with E-state index in [0.29, 0.717) is 11.7 Å². The molecule has 1 atom stereocenters. The third kappa shape index (κ3) is 2.62. The Morgan fingerprint density at radius 3 is 3.09 bits per heavy atom. The molecule has 0 saturated heterocycles. The topological polar surface area (TPSA) is 82.5 Å². The van der Waals surface area contributed by atoms with Crippen molar-refractivity contribution in [3.8, 4) is 10.7 Å². The number of thiophene rings is 1. The van der Waals surface area contributed by atoms with Crippen LogP contribution in [0.15, 0.2) is 39.6 Å². The molecule has 0 aliphatic heterocycles. The van der Waals surface area contributed by atoms with Crippen LogP contribution >= 0.6 is 23.1 Å². The summed E-state index contributed by atoms with van der Waals surface area (Å²) in [5.74, 6) is 1.20. The smallest absolute Gasteiger partial charge is 0.240 e. The van der Waals surface area contributed by atoms with Crippen molar-refractivity contribution in [2.24, 2.45) is 7.05 Å². The van der Waals surface area contributed by atoms with E-state index in [0.717, 1.165) is 20.9 Å². The minimum Gasteiger partial charge on any atom is -0.338 e. The summed E-state index contributed by atoms with van der Waals surface area (Å²) in [4.78, 5) is 14.1. The van der Waals surface area contributed by atoms with Gasteiger partial charge in [0.2, 0.25) is 11.7 Å². The van der Waals surface area contributed by atoms with Crippen LogP contribution < -0.4 is 0 Å². The average molecular weight is 344 g/mol. The van der Waals surface area contributed by atoms with Crippen molar-refractivity contribution in [2.45, 2.75) is 17.2 Å². The number of thioether (sulfide) groups is 1. The lowest BCUT2D eigenvalue weighted by atomic mass is 10.4. The number of fused-ring (bicyclic) bond motifs is 1. The van der Waals surface area contributed by atoms with Crippen molar-refractivity contribution in [1.29, 1.82) is 0 Å². The second-order valence-electron chi connectivity index (χ2n) is 4.88. The lowest BCUT2D eigenvalue weighted by Gasteiger charge is -2.05. The molecule has 0 bridgehead atoms. The predicted molar refractivity (Wildman–Crippen MR) is 88.2 cm³/mol. The van der Waals surface area contributed by atoms with Crippen LogP contribution in [0.3, 0.4) is 0 Å². The molecule has 9 heteroatoms. The van der Waals surface area contributed by atoms with Gasteiger partial charge in [0.15, 0.2) is 5.65 Å². The Morgan fingerprint density at radius 2 is 2.26 bits per heavy atom. The fourth-order valence-electron chi connectivity index (χ4n) is 2.16. The molecule has 0 spiro atoms. The normalized spacial score (nSPS) is 12.8. The molecule has 0 saturated carbocycles. The van der Waals surface area contributed by atoms with Crippen LogP contribution in [-0.2, 0) is 7.05 Å². The van der Waals surface area contributed by atoms with Gasteiger partial charge in [0.05, 0.1) is 21.7 Å². The molecule has 4 aromatic rings.